The number of nitrogens with two attached hydrogens (primary N) is 1. The third kappa shape index (κ3) is 2.35. The standard InChI is InChI=1S/C11H20N4S/c1-2-15(11-14-13-8-16-11)10-6-4-3-5-9(10)7-12/h8-10H,2-7,12H2,1H3. The van der Waals surface area contributed by atoms with Gasteiger partial charge in [0.2, 0.25) is 5.13 Å². The Morgan fingerprint density at radius 2 is 2.31 bits per heavy atom. The number of anilines is 1. The Morgan fingerprint density at radius 1 is 1.50 bits per heavy atom. The van der Waals surface area contributed by atoms with Gasteiger partial charge in [0.25, 0.3) is 0 Å². The van der Waals surface area contributed by atoms with Crippen molar-refractivity contribution in [1.29, 1.82) is 0 Å². The van der Waals surface area contributed by atoms with E-state index in [1.807, 2.05) is 0 Å². The molecule has 1 aromatic heterocycles. The van der Waals surface area contributed by atoms with Crippen molar-refractivity contribution in [3.05, 3.63) is 5.51 Å². The van der Waals surface area contributed by atoms with Gasteiger partial charge in [0.05, 0.1) is 0 Å². The van der Waals surface area contributed by atoms with Crippen LogP contribution in [0.1, 0.15) is 32.6 Å². The van der Waals surface area contributed by atoms with Gasteiger partial charge in [0.15, 0.2) is 0 Å². The molecule has 1 heterocycles. The SMILES string of the molecule is CCN(c1nncs1)C1CCCCC1CN. The van der Waals surface area contributed by atoms with E-state index < -0.39 is 0 Å². The molecular weight excluding hydrogens is 220 g/mol. The second kappa shape index (κ2) is 5.59. The number of hydrogen-bond acceptors (Lipinski definition) is 5. The minimum atomic E-state index is 0.566. The first-order valence-corrected chi connectivity index (χ1v) is 6.97. The minimum absolute atomic E-state index is 0.566. The van der Waals surface area contributed by atoms with Crippen LogP contribution in [0.3, 0.4) is 0 Å². The van der Waals surface area contributed by atoms with E-state index in [0.717, 1.165) is 18.2 Å². The van der Waals surface area contributed by atoms with E-state index in [1.54, 1.807) is 16.8 Å². The predicted octanol–water partition coefficient (Wildman–Crippen LogP) is 1.88. The molecule has 1 aliphatic rings. The molecule has 90 valence electrons. The van der Waals surface area contributed by atoms with Crippen LogP contribution < -0.4 is 10.6 Å². The van der Waals surface area contributed by atoms with Crippen LogP contribution in [0.5, 0.6) is 0 Å². The Bertz CT molecular complexity index is 301. The highest BCUT2D eigenvalue weighted by molar-refractivity contribution is 7.13. The van der Waals surface area contributed by atoms with Crippen LogP contribution in [-0.2, 0) is 0 Å². The fourth-order valence-electron chi connectivity index (χ4n) is 2.68. The maximum Gasteiger partial charge on any atom is 0.208 e. The fraction of sp³-hybridized carbons (Fsp3) is 0.818. The predicted molar refractivity (Wildman–Crippen MR) is 67.7 cm³/mol. The maximum absolute atomic E-state index is 5.88. The van der Waals surface area contributed by atoms with Crippen molar-refractivity contribution in [3.8, 4) is 0 Å². The van der Waals surface area contributed by atoms with Crippen molar-refractivity contribution in [2.75, 3.05) is 18.0 Å². The monoisotopic (exact) mass is 240 g/mol. The van der Waals surface area contributed by atoms with E-state index in [1.165, 1.54) is 25.7 Å². The van der Waals surface area contributed by atoms with E-state index in [4.69, 9.17) is 5.73 Å². The third-order valence-corrected chi connectivity index (χ3v) is 4.23. The average molecular weight is 240 g/mol. The number of nitrogens with zero attached hydrogens (tertiary/aromatic N) is 3. The summed E-state index contributed by atoms with van der Waals surface area (Å²) >= 11 is 1.62. The molecule has 1 fully saturated rings. The van der Waals surface area contributed by atoms with Crippen molar-refractivity contribution in [2.24, 2.45) is 11.7 Å². The van der Waals surface area contributed by atoms with Crippen molar-refractivity contribution < 1.29 is 0 Å². The highest BCUT2D eigenvalue weighted by atomic mass is 32.1. The Hall–Kier alpha value is -0.680. The van der Waals surface area contributed by atoms with Gasteiger partial charge in [-0.1, -0.05) is 24.2 Å². The topological polar surface area (TPSA) is 55.0 Å². The molecule has 4 nitrogen and oxygen atoms in total. The third-order valence-electron chi connectivity index (χ3n) is 3.51. The molecule has 0 saturated heterocycles. The van der Waals surface area contributed by atoms with Gasteiger partial charge in [-0.3, -0.25) is 0 Å². The van der Waals surface area contributed by atoms with E-state index in [9.17, 15) is 0 Å². The second-order valence-electron chi connectivity index (χ2n) is 4.35. The normalized spacial score (nSPS) is 25.6. The van der Waals surface area contributed by atoms with Crippen LogP contribution in [0.2, 0.25) is 0 Å². The van der Waals surface area contributed by atoms with Crippen LogP contribution in [0, 0.1) is 5.92 Å². The van der Waals surface area contributed by atoms with Gasteiger partial charge in [-0.25, -0.2) is 0 Å². The van der Waals surface area contributed by atoms with Crippen molar-refractivity contribution in [2.45, 2.75) is 38.6 Å². The largest absolute Gasteiger partial charge is 0.344 e. The van der Waals surface area contributed by atoms with Crippen LogP contribution in [0.25, 0.3) is 0 Å². The fourth-order valence-corrected chi connectivity index (χ4v) is 3.36. The smallest absolute Gasteiger partial charge is 0.208 e. The Kier molecular flexibility index (Phi) is 4.12. The van der Waals surface area contributed by atoms with Gasteiger partial charge in [-0.05, 0) is 32.2 Å². The summed E-state index contributed by atoms with van der Waals surface area (Å²) in [4.78, 5) is 2.38. The lowest BCUT2D eigenvalue weighted by atomic mass is 9.83. The molecule has 1 aromatic rings. The molecule has 0 aliphatic heterocycles. The molecular formula is C11H20N4S. The summed E-state index contributed by atoms with van der Waals surface area (Å²) in [5, 5.41) is 9.17. The number of rotatable bonds is 4. The van der Waals surface area contributed by atoms with Crippen molar-refractivity contribution >= 4 is 16.5 Å². The molecule has 2 unspecified atom stereocenters. The molecule has 2 N–H and O–H groups in total. The zero-order valence-corrected chi connectivity index (χ0v) is 10.6. The van der Waals surface area contributed by atoms with Crippen LogP contribution in [-0.4, -0.2) is 29.3 Å². The quantitative estimate of drug-likeness (QED) is 0.873. The van der Waals surface area contributed by atoms with Gasteiger partial charge >= 0.3 is 0 Å². The Labute approximate surface area is 101 Å². The molecule has 0 amide bonds. The number of aromatic nitrogens is 2. The van der Waals surface area contributed by atoms with E-state index in [0.29, 0.717) is 12.0 Å². The maximum atomic E-state index is 5.88. The van der Waals surface area contributed by atoms with Crippen LogP contribution in [0.4, 0.5) is 5.13 Å². The van der Waals surface area contributed by atoms with Gasteiger partial charge in [0.1, 0.15) is 5.51 Å². The zero-order valence-electron chi connectivity index (χ0n) is 9.80. The lowest BCUT2D eigenvalue weighted by Gasteiger charge is -2.38. The minimum Gasteiger partial charge on any atom is -0.344 e. The first kappa shape index (κ1) is 11.8. The first-order chi connectivity index (χ1) is 7.86. The van der Waals surface area contributed by atoms with Gasteiger partial charge < -0.3 is 10.6 Å². The molecule has 16 heavy (non-hydrogen) atoms. The van der Waals surface area contributed by atoms with Gasteiger partial charge in [-0.2, -0.15) is 0 Å². The second-order valence-corrected chi connectivity index (χ2v) is 5.17. The zero-order chi connectivity index (χ0) is 11.4. The van der Waals surface area contributed by atoms with Gasteiger partial charge in [-0.15, -0.1) is 10.2 Å². The molecule has 1 aliphatic carbocycles. The summed E-state index contributed by atoms with van der Waals surface area (Å²) in [7, 11) is 0. The lowest BCUT2D eigenvalue weighted by Crippen LogP contribution is -2.45. The molecule has 5 heteroatoms. The molecule has 1 saturated carbocycles. The summed E-state index contributed by atoms with van der Waals surface area (Å²) in [6.45, 7) is 3.97. The summed E-state index contributed by atoms with van der Waals surface area (Å²) in [5.41, 5.74) is 7.68. The number of hydrogen-bond donors (Lipinski definition) is 1. The molecule has 0 bridgehead atoms. The summed E-state index contributed by atoms with van der Waals surface area (Å²) in [5.74, 6) is 0.623. The van der Waals surface area contributed by atoms with Crippen LogP contribution in [0.15, 0.2) is 5.51 Å². The lowest BCUT2D eigenvalue weighted by molar-refractivity contribution is 0.300. The summed E-state index contributed by atoms with van der Waals surface area (Å²) in [6.07, 6.45) is 5.15. The van der Waals surface area contributed by atoms with E-state index >= 15 is 0 Å². The molecule has 0 radical (unpaired) electrons. The molecule has 2 rings (SSSR count). The van der Waals surface area contributed by atoms with E-state index in [2.05, 4.69) is 22.0 Å². The molecule has 0 aromatic carbocycles. The highest BCUT2D eigenvalue weighted by Crippen LogP contribution is 2.31. The Morgan fingerprint density at radius 3 is 2.94 bits per heavy atom. The van der Waals surface area contributed by atoms with Crippen molar-refractivity contribution in [1.82, 2.24) is 10.2 Å². The summed E-state index contributed by atoms with van der Waals surface area (Å²) < 4.78 is 0. The van der Waals surface area contributed by atoms with Crippen LogP contribution >= 0.6 is 11.3 Å². The Balaban J connectivity index is 2.13. The van der Waals surface area contributed by atoms with E-state index in [-0.39, 0.29) is 0 Å². The van der Waals surface area contributed by atoms with Gasteiger partial charge in [0, 0.05) is 12.6 Å². The average Bonchev–Trinajstić information content (AvgIpc) is 2.84. The summed E-state index contributed by atoms with van der Waals surface area (Å²) in [6, 6.07) is 0.566. The molecule has 0 spiro atoms. The molecule has 2 atom stereocenters. The first-order valence-electron chi connectivity index (χ1n) is 6.09. The van der Waals surface area contributed by atoms with Crippen molar-refractivity contribution in [3.63, 3.8) is 0 Å². The highest BCUT2D eigenvalue weighted by Gasteiger charge is 2.29.